The molecule has 0 aromatic carbocycles. The van der Waals surface area contributed by atoms with Crippen molar-refractivity contribution in [3.63, 3.8) is 0 Å². The highest BCUT2D eigenvalue weighted by Gasteiger charge is 2.46. The maximum atomic E-state index is 12.0. The Labute approximate surface area is 114 Å². The van der Waals surface area contributed by atoms with E-state index in [2.05, 4.69) is 41.2 Å². The first-order valence-electron chi connectivity index (χ1n) is 7.24. The molecule has 0 aromatic heterocycles. The number of carbonyl (C=O) groups excluding carboxylic acids is 1. The van der Waals surface area contributed by atoms with Crippen LogP contribution < -0.4 is 0 Å². The van der Waals surface area contributed by atoms with Crippen LogP contribution >= 0.6 is 0 Å². The largest absolute Gasteiger partial charge is 0.515 e. The molecule has 0 saturated carbocycles. The zero-order chi connectivity index (χ0) is 14.3. The van der Waals surface area contributed by atoms with E-state index in [1.54, 1.807) is 6.92 Å². The van der Waals surface area contributed by atoms with Crippen molar-refractivity contribution in [3.8, 4) is 0 Å². The molecule has 0 heterocycles. The first kappa shape index (κ1) is 17.4. The van der Waals surface area contributed by atoms with Gasteiger partial charge in [0.25, 0.3) is 8.32 Å². The summed E-state index contributed by atoms with van der Waals surface area (Å²) in [5.41, 5.74) is 1.54. The van der Waals surface area contributed by atoms with E-state index in [1.807, 2.05) is 0 Å². The van der Waals surface area contributed by atoms with E-state index in [0.717, 1.165) is 25.3 Å². The molecule has 0 rings (SSSR count). The monoisotopic (exact) mass is 270 g/mol. The normalized spacial score (nSPS) is 17.7. The smallest absolute Gasteiger partial charge is 0.319 e. The Bertz CT molecular complexity index is 276. The van der Waals surface area contributed by atoms with E-state index >= 15 is 0 Å². The first-order valence-corrected chi connectivity index (χ1v) is 9.51. The molecule has 0 aliphatic heterocycles. The maximum absolute atomic E-state index is 12.0. The van der Waals surface area contributed by atoms with Crippen LogP contribution in [0.25, 0.3) is 0 Å². The van der Waals surface area contributed by atoms with Gasteiger partial charge in [-0.3, -0.25) is 0 Å². The minimum atomic E-state index is -2.04. The van der Waals surface area contributed by atoms with Crippen LogP contribution in [0.5, 0.6) is 0 Å². The molecule has 106 valence electrons. The highest BCUT2D eigenvalue weighted by Crippen LogP contribution is 2.42. The number of carbonyl (C=O) groups is 1. The van der Waals surface area contributed by atoms with E-state index < -0.39 is 8.32 Å². The molecule has 0 N–H and O–H groups in total. The van der Waals surface area contributed by atoms with E-state index in [1.165, 1.54) is 0 Å². The SMILES string of the molecule is C=C(C)C(=O)O[Si](CCC)(C(C)CC)C(C)CC. The molecule has 0 aromatic rings. The standard InChI is InChI=1S/C15H30O2Si/c1-8-11-18(13(6)9-2,14(7)10-3)17-15(16)12(4)5/h13-14H,4,8-11H2,1-3,5-7H3. The van der Waals surface area contributed by atoms with Crippen LogP contribution in [0.3, 0.4) is 0 Å². The quantitative estimate of drug-likeness (QED) is 0.455. The van der Waals surface area contributed by atoms with Gasteiger partial charge >= 0.3 is 5.97 Å². The lowest BCUT2D eigenvalue weighted by Gasteiger charge is -2.40. The summed E-state index contributed by atoms with van der Waals surface area (Å²) in [5, 5.41) is 0. The van der Waals surface area contributed by atoms with E-state index in [0.29, 0.717) is 16.7 Å². The Morgan fingerprint density at radius 2 is 1.61 bits per heavy atom. The van der Waals surface area contributed by atoms with E-state index in [4.69, 9.17) is 4.43 Å². The van der Waals surface area contributed by atoms with Gasteiger partial charge in [-0.25, -0.2) is 4.79 Å². The Balaban J connectivity index is 5.31. The summed E-state index contributed by atoms with van der Waals surface area (Å²) in [7, 11) is -2.04. The van der Waals surface area contributed by atoms with Crippen LogP contribution in [0.15, 0.2) is 12.2 Å². The molecule has 0 amide bonds. The van der Waals surface area contributed by atoms with Gasteiger partial charge in [-0.1, -0.05) is 60.5 Å². The predicted molar refractivity (Wildman–Crippen MR) is 81.2 cm³/mol. The Kier molecular flexibility index (Phi) is 7.53. The maximum Gasteiger partial charge on any atom is 0.319 e. The fourth-order valence-corrected chi connectivity index (χ4v) is 7.72. The third-order valence-electron chi connectivity index (χ3n) is 4.16. The average Bonchev–Trinajstić information content (AvgIpc) is 2.35. The second-order valence-corrected chi connectivity index (χ2v) is 10.1. The molecular weight excluding hydrogens is 240 g/mol. The molecule has 0 bridgehead atoms. The van der Waals surface area contributed by atoms with Crippen molar-refractivity contribution in [2.45, 2.75) is 77.9 Å². The van der Waals surface area contributed by atoms with Crippen molar-refractivity contribution in [2.75, 3.05) is 0 Å². The highest BCUT2D eigenvalue weighted by atomic mass is 28.4. The lowest BCUT2D eigenvalue weighted by molar-refractivity contribution is -0.131. The highest BCUT2D eigenvalue weighted by molar-refractivity contribution is 6.78. The zero-order valence-corrected chi connectivity index (χ0v) is 14.0. The summed E-state index contributed by atoms with van der Waals surface area (Å²) >= 11 is 0. The molecule has 0 spiro atoms. The van der Waals surface area contributed by atoms with E-state index in [-0.39, 0.29) is 5.97 Å². The van der Waals surface area contributed by atoms with Crippen molar-refractivity contribution >= 4 is 14.3 Å². The summed E-state index contributed by atoms with van der Waals surface area (Å²) in [6, 6.07) is 1.07. The van der Waals surface area contributed by atoms with Crippen molar-refractivity contribution in [2.24, 2.45) is 0 Å². The van der Waals surface area contributed by atoms with Crippen molar-refractivity contribution < 1.29 is 9.22 Å². The van der Waals surface area contributed by atoms with Crippen LogP contribution in [-0.4, -0.2) is 14.3 Å². The van der Waals surface area contributed by atoms with Crippen LogP contribution in [0.2, 0.25) is 17.1 Å². The third-order valence-corrected chi connectivity index (χ3v) is 10.2. The predicted octanol–water partition coefficient (Wildman–Crippen LogP) is 5.06. The molecular formula is C15H30O2Si. The van der Waals surface area contributed by atoms with Gasteiger partial charge in [0.1, 0.15) is 0 Å². The van der Waals surface area contributed by atoms with Gasteiger partial charge in [-0.2, -0.15) is 0 Å². The second-order valence-electron chi connectivity index (χ2n) is 5.49. The van der Waals surface area contributed by atoms with Crippen molar-refractivity contribution in [1.82, 2.24) is 0 Å². The summed E-state index contributed by atoms with van der Waals surface area (Å²) in [6.45, 7) is 16.5. The number of rotatable bonds is 8. The van der Waals surface area contributed by atoms with Gasteiger partial charge < -0.3 is 4.43 Å². The summed E-state index contributed by atoms with van der Waals surface area (Å²) in [5.74, 6) is -0.185. The average molecular weight is 270 g/mol. The van der Waals surface area contributed by atoms with Crippen molar-refractivity contribution in [3.05, 3.63) is 12.2 Å². The fraction of sp³-hybridized carbons (Fsp3) is 0.800. The summed E-state index contributed by atoms with van der Waals surface area (Å²) < 4.78 is 6.05. The Hall–Kier alpha value is -0.573. The minimum absolute atomic E-state index is 0.185. The Morgan fingerprint density at radius 3 is 1.89 bits per heavy atom. The number of hydrogen-bond acceptors (Lipinski definition) is 2. The topological polar surface area (TPSA) is 26.3 Å². The summed E-state index contributed by atoms with van der Waals surface area (Å²) in [4.78, 5) is 12.0. The zero-order valence-electron chi connectivity index (χ0n) is 13.0. The van der Waals surface area contributed by atoms with Gasteiger partial charge in [-0.05, 0) is 24.1 Å². The van der Waals surface area contributed by atoms with E-state index in [9.17, 15) is 4.79 Å². The Morgan fingerprint density at radius 1 is 1.17 bits per heavy atom. The molecule has 2 atom stereocenters. The summed E-state index contributed by atoms with van der Waals surface area (Å²) in [6.07, 6.45) is 3.25. The first-order chi connectivity index (χ1) is 8.35. The third kappa shape index (κ3) is 3.97. The lowest BCUT2D eigenvalue weighted by Crippen LogP contribution is -2.47. The van der Waals surface area contributed by atoms with Gasteiger partial charge in [0.15, 0.2) is 0 Å². The molecule has 0 aliphatic carbocycles. The molecule has 18 heavy (non-hydrogen) atoms. The van der Waals surface area contributed by atoms with Crippen LogP contribution in [0, 0.1) is 0 Å². The van der Waals surface area contributed by atoms with Crippen LogP contribution in [0.4, 0.5) is 0 Å². The van der Waals surface area contributed by atoms with Gasteiger partial charge in [0.05, 0.1) is 0 Å². The molecule has 0 radical (unpaired) electrons. The van der Waals surface area contributed by atoms with Crippen LogP contribution in [0.1, 0.15) is 60.8 Å². The molecule has 0 aliphatic rings. The van der Waals surface area contributed by atoms with Gasteiger partial charge in [0, 0.05) is 5.57 Å². The van der Waals surface area contributed by atoms with Gasteiger partial charge in [0.2, 0.25) is 0 Å². The number of hydrogen-bond donors (Lipinski definition) is 0. The fourth-order valence-electron chi connectivity index (χ4n) is 2.57. The molecule has 3 heteroatoms. The second kappa shape index (κ2) is 7.77. The molecule has 2 nitrogen and oxygen atoms in total. The van der Waals surface area contributed by atoms with Gasteiger partial charge in [-0.15, -0.1) is 0 Å². The molecule has 0 saturated heterocycles. The minimum Gasteiger partial charge on any atom is -0.515 e. The molecule has 0 fully saturated rings. The lowest BCUT2D eigenvalue weighted by atomic mass is 10.3. The van der Waals surface area contributed by atoms with Crippen molar-refractivity contribution in [1.29, 1.82) is 0 Å². The molecule has 2 unspecified atom stereocenters. The van der Waals surface area contributed by atoms with Crippen LogP contribution in [-0.2, 0) is 9.22 Å².